The molecule has 0 bridgehead atoms. The molecule has 0 atom stereocenters. The van der Waals surface area contributed by atoms with Crippen molar-refractivity contribution in [2.75, 3.05) is 7.11 Å². The summed E-state index contributed by atoms with van der Waals surface area (Å²) in [5.74, 6) is -1.53. The Morgan fingerprint density at radius 3 is 2.70 bits per heavy atom. The largest absolute Gasteiger partial charge is 0.496 e. The van der Waals surface area contributed by atoms with Crippen LogP contribution in [0.1, 0.15) is 59.6 Å². The number of rotatable bonds is 6. The summed E-state index contributed by atoms with van der Waals surface area (Å²) in [5, 5.41) is 20.4. The molecular formula is C18H20F2N4O3. The minimum Gasteiger partial charge on any atom is -0.496 e. The molecule has 1 aromatic heterocycles. The number of nitrogens with zero attached hydrogens (tertiary/aromatic N) is 3. The lowest BCUT2D eigenvalue weighted by Gasteiger charge is -2.35. The summed E-state index contributed by atoms with van der Waals surface area (Å²) in [6.07, 6.45) is 3.34. The number of aliphatic hydroxyl groups is 1. The molecule has 4 rings (SSSR count). The number of aliphatic hydroxyl groups excluding tert-OH is 1. The highest BCUT2D eigenvalue weighted by atomic mass is 19.2. The van der Waals surface area contributed by atoms with E-state index in [-0.39, 0.29) is 24.3 Å². The van der Waals surface area contributed by atoms with Crippen LogP contribution in [0.5, 0.6) is 5.75 Å². The Balaban J connectivity index is 1.44. The van der Waals surface area contributed by atoms with Crippen LogP contribution in [0.25, 0.3) is 0 Å². The standard InChI is InChI=1S/C18H20F2N4O3/c1-27-13-5-4-12(19)16(20)15(13)18(26)21-10-6-9(7-10)17-23-22-14(8-25)24(17)11-2-3-11/h4-5,9-11,25H,2-3,6-8H2,1H3,(H,21,26). The van der Waals surface area contributed by atoms with Crippen LogP contribution in [0.4, 0.5) is 8.78 Å². The Bertz CT molecular complexity index is 876. The first-order chi connectivity index (χ1) is 13.0. The first-order valence-corrected chi connectivity index (χ1v) is 8.90. The van der Waals surface area contributed by atoms with Crippen LogP contribution in [0, 0.1) is 11.6 Å². The van der Waals surface area contributed by atoms with Crippen molar-refractivity contribution in [3.63, 3.8) is 0 Å². The fraction of sp³-hybridized carbons (Fsp3) is 0.500. The van der Waals surface area contributed by atoms with Gasteiger partial charge in [-0.1, -0.05) is 0 Å². The van der Waals surface area contributed by atoms with Crippen LogP contribution < -0.4 is 10.1 Å². The van der Waals surface area contributed by atoms with Gasteiger partial charge in [0.1, 0.15) is 23.7 Å². The molecule has 27 heavy (non-hydrogen) atoms. The number of ether oxygens (including phenoxy) is 1. The van der Waals surface area contributed by atoms with Crippen molar-refractivity contribution >= 4 is 5.91 Å². The number of aromatic nitrogens is 3. The number of carbonyl (C=O) groups excluding carboxylic acids is 1. The number of hydrogen-bond donors (Lipinski definition) is 2. The van der Waals surface area contributed by atoms with Gasteiger partial charge in [0.25, 0.3) is 5.91 Å². The lowest BCUT2D eigenvalue weighted by molar-refractivity contribution is 0.0898. The van der Waals surface area contributed by atoms with Gasteiger partial charge in [0.2, 0.25) is 0 Å². The van der Waals surface area contributed by atoms with Gasteiger partial charge < -0.3 is 19.7 Å². The number of nitrogens with one attached hydrogen (secondary N) is 1. The van der Waals surface area contributed by atoms with Gasteiger partial charge in [0, 0.05) is 18.0 Å². The second kappa shape index (κ2) is 6.88. The Morgan fingerprint density at radius 2 is 2.07 bits per heavy atom. The van der Waals surface area contributed by atoms with Crippen molar-refractivity contribution in [3.8, 4) is 5.75 Å². The normalized spacial score (nSPS) is 21.6. The maximum atomic E-state index is 14.0. The Hall–Kier alpha value is -2.55. The molecule has 0 saturated heterocycles. The predicted molar refractivity (Wildman–Crippen MR) is 90.4 cm³/mol. The number of benzene rings is 1. The average molecular weight is 378 g/mol. The average Bonchev–Trinajstić information content (AvgIpc) is 3.38. The highest BCUT2D eigenvalue weighted by Gasteiger charge is 2.39. The van der Waals surface area contributed by atoms with Crippen molar-refractivity contribution in [2.45, 2.75) is 50.3 Å². The molecule has 1 heterocycles. The molecule has 7 nitrogen and oxygen atoms in total. The van der Waals surface area contributed by atoms with E-state index < -0.39 is 23.1 Å². The van der Waals surface area contributed by atoms with Crippen LogP contribution in [0.2, 0.25) is 0 Å². The zero-order valence-corrected chi connectivity index (χ0v) is 14.8. The molecule has 0 radical (unpaired) electrons. The van der Waals surface area contributed by atoms with Gasteiger partial charge in [-0.25, -0.2) is 8.78 Å². The lowest BCUT2D eigenvalue weighted by atomic mass is 9.79. The first kappa shape index (κ1) is 17.8. The summed E-state index contributed by atoms with van der Waals surface area (Å²) in [4.78, 5) is 12.4. The molecule has 2 aromatic rings. The summed E-state index contributed by atoms with van der Waals surface area (Å²) in [7, 11) is 1.30. The van der Waals surface area contributed by atoms with Crippen LogP contribution >= 0.6 is 0 Å². The summed E-state index contributed by atoms with van der Waals surface area (Å²) < 4.78 is 34.5. The van der Waals surface area contributed by atoms with E-state index in [1.54, 1.807) is 0 Å². The summed E-state index contributed by atoms with van der Waals surface area (Å²) in [5.41, 5.74) is -0.426. The van der Waals surface area contributed by atoms with E-state index in [1.807, 2.05) is 4.57 Å². The highest BCUT2D eigenvalue weighted by Crippen LogP contribution is 2.43. The van der Waals surface area contributed by atoms with Gasteiger partial charge in [-0.05, 0) is 37.8 Å². The van der Waals surface area contributed by atoms with Gasteiger partial charge >= 0.3 is 0 Å². The summed E-state index contributed by atoms with van der Waals surface area (Å²) in [6, 6.07) is 2.33. The summed E-state index contributed by atoms with van der Waals surface area (Å²) >= 11 is 0. The quantitative estimate of drug-likeness (QED) is 0.803. The molecular weight excluding hydrogens is 358 g/mol. The van der Waals surface area contributed by atoms with E-state index in [0.29, 0.717) is 24.7 Å². The van der Waals surface area contributed by atoms with E-state index >= 15 is 0 Å². The molecule has 2 aliphatic carbocycles. The molecule has 0 aliphatic heterocycles. The molecule has 2 fully saturated rings. The molecule has 1 amide bonds. The van der Waals surface area contributed by atoms with E-state index in [2.05, 4.69) is 15.5 Å². The third kappa shape index (κ3) is 3.16. The van der Waals surface area contributed by atoms with Crippen molar-refractivity contribution in [1.82, 2.24) is 20.1 Å². The maximum absolute atomic E-state index is 14.0. The SMILES string of the molecule is COc1ccc(F)c(F)c1C(=O)NC1CC(c2nnc(CO)n2C2CC2)C1. The van der Waals surface area contributed by atoms with Crippen LogP contribution in [0.15, 0.2) is 12.1 Å². The molecule has 2 saturated carbocycles. The Morgan fingerprint density at radius 1 is 1.33 bits per heavy atom. The van der Waals surface area contributed by atoms with E-state index in [4.69, 9.17) is 4.74 Å². The number of methoxy groups -OCH3 is 1. The highest BCUT2D eigenvalue weighted by molar-refractivity contribution is 5.97. The molecule has 0 spiro atoms. The zero-order chi connectivity index (χ0) is 19.1. The zero-order valence-electron chi connectivity index (χ0n) is 14.8. The molecule has 9 heteroatoms. The number of amides is 1. The number of carbonyl (C=O) groups is 1. The maximum Gasteiger partial charge on any atom is 0.258 e. The van der Waals surface area contributed by atoms with Crippen molar-refractivity contribution in [1.29, 1.82) is 0 Å². The fourth-order valence-corrected chi connectivity index (χ4v) is 3.57. The lowest BCUT2D eigenvalue weighted by Crippen LogP contribution is -2.44. The molecule has 2 N–H and O–H groups in total. The van der Waals surface area contributed by atoms with Gasteiger partial charge in [-0.3, -0.25) is 4.79 Å². The second-order valence-electron chi connectivity index (χ2n) is 7.01. The first-order valence-electron chi connectivity index (χ1n) is 8.90. The Kier molecular flexibility index (Phi) is 4.55. The van der Waals surface area contributed by atoms with Gasteiger partial charge in [0.05, 0.1) is 7.11 Å². The van der Waals surface area contributed by atoms with Gasteiger partial charge in [-0.15, -0.1) is 10.2 Å². The minimum atomic E-state index is -1.22. The van der Waals surface area contributed by atoms with Crippen molar-refractivity contribution in [2.24, 2.45) is 0 Å². The van der Waals surface area contributed by atoms with Crippen molar-refractivity contribution in [3.05, 3.63) is 41.0 Å². The third-order valence-corrected chi connectivity index (χ3v) is 5.19. The number of halogens is 2. The number of hydrogen-bond acceptors (Lipinski definition) is 5. The van der Waals surface area contributed by atoms with Crippen molar-refractivity contribution < 1.29 is 23.4 Å². The van der Waals surface area contributed by atoms with Crippen LogP contribution in [-0.2, 0) is 6.61 Å². The molecule has 1 aromatic carbocycles. The molecule has 144 valence electrons. The van der Waals surface area contributed by atoms with E-state index in [1.165, 1.54) is 13.2 Å². The fourth-order valence-electron chi connectivity index (χ4n) is 3.57. The smallest absolute Gasteiger partial charge is 0.258 e. The van der Waals surface area contributed by atoms with E-state index in [9.17, 15) is 18.7 Å². The monoisotopic (exact) mass is 378 g/mol. The second-order valence-corrected chi connectivity index (χ2v) is 7.01. The molecule has 2 aliphatic rings. The predicted octanol–water partition coefficient (Wildman–Crippen LogP) is 2.07. The molecule has 0 unspecified atom stereocenters. The topological polar surface area (TPSA) is 89.3 Å². The minimum absolute atomic E-state index is 0.0108. The van der Waals surface area contributed by atoms with E-state index in [0.717, 1.165) is 24.7 Å². The van der Waals surface area contributed by atoms with Gasteiger partial charge in [-0.2, -0.15) is 0 Å². The summed E-state index contributed by atoms with van der Waals surface area (Å²) in [6.45, 7) is -0.158. The Labute approximate surface area is 154 Å². The van der Waals surface area contributed by atoms with Gasteiger partial charge in [0.15, 0.2) is 17.5 Å². The third-order valence-electron chi connectivity index (χ3n) is 5.19. The van der Waals surface area contributed by atoms with Crippen LogP contribution in [-0.4, -0.2) is 38.9 Å². The van der Waals surface area contributed by atoms with Crippen LogP contribution in [0.3, 0.4) is 0 Å².